The Kier molecular flexibility index (Phi) is 6.36. The summed E-state index contributed by atoms with van der Waals surface area (Å²) in [5.74, 6) is -0.357. The van der Waals surface area contributed by atoms with Crippen LogP contribution in [0.1, 0.15) is 19.8 Å². The molecule has 0 radical (unpaired) electrons. The fraction of sp³-hybridized carbons (Fsp3) is 0.429. The van der Waals surface area contributed by atoms with E-state index in [1.165, 1.54) is 4.90 Å². The number of carbonyl (C=O) groups excluding carboxylic acids is 2. The molecule has 0 aliphatic carbocycles. The van der Waals surface area contributed by atoms with E-state index in [0.29, 0.717) is 18.0 Å². The highest BCUT2D eigenvalue weighted by molar-refractivity contribution is 5.84. The summed E-state index contributed by atoms with van der Waals surface area (Å²) >= 11 is 0. The Balaban J connectivity index is 2.57. The van der Waals surface area contributed by atoms with Crippen LogP contribution >= 0.6 is 0 Å². The molecule has 110 valence electrons. The summed E-state index contributed by atoms with van der Waals surface area (Å²) in [5, 5.41) is 0. The maximum absolute atomic E-state index is 12.0. The van der Waals surface area contributed by atoms with Crippen LogP contribution in [0.3, 0.4) is 0 Å². The number of nitrogens with zero attached hydrogens (tertiary/aromatic N) is 1. The van der Waals surface area contributed by atoms with Crippen LogP contribution in [0.25, 0.3) is 0 Å². The second kappa shape index (κ2) is 8.04. The lowest BCUT2D eigenvalue weighted by Gasteiger charge is -2.21. The Morgan fingerprint density at radius 3 is 2.60 bits per heavy atom. The van der Waals surface area contributed by atoms with Gasteiger partial charge >= 0.3 is 0 Å². The van der Waals surface area contributed by atoms with Crippen molar-refractivity contribution in [1.82, 2.24) is 4.90 Å². The van der Waals surface area contributed by atoms with E-state index >= 15 is 0 Å². The number of nitrogens with two attached hydrogens (primary N) is 2. The van der Waals surface area contributed by atoms with Crippen molar-refractivity contribution >= 4 is 17.5 Å². The molecule has 2 amide bonds. The molecule has 0 fully saturated rings. The van der Waals surface area contributed by atoms with E-state index in [9.17, 15) is 9.59 Å². The van der Waals surface area contributed by atoms with Gasteiger partial charge in [-0.1, -0.05) is 25.5 Å². The van der Waals surface area contributed by atoms with Crippen LogP contribution in [0, 0.1) is 0 Å². The molecule has 0 aliphatic heterocycles. The molecule has 0 unspecified atom stereocenters. The van der Waals surface area contributed by atoms with E-state index in [2.05, 4.69) is 0 Å². The molecule has 0 saturated heterocycles. The van der Waals surface area contributed by atoms with E-state index in [1.807, 2.05) is 6.92 Å². The van der Waals surface area contributed by atoms with Crippen LogP contribution in [0.2, 0.25) is 0 Å². The van der Waals surface area contributed by atoms with E-state index in [-0.39, 0.29) is 19.1 Å². The van der Waals surface area contributed by atoms with E-state index in [0.717, 1.165) is 12.8 Å². The number of hydrogen-bond acceptors (Lipinski definition) is 4. The zero-order valence-electron chi connectivity index (χ0n) is 11.7. The minimum atomic E-state index is -0.534. The predicted molar refractivity (Wildman–Crippen MR) is 77.0 cm³/mol. The van der Waals surface area contributed by atoms with Gasteiger partial charge in [-0.25, -0.2) is 0 Å². The quantitative estimate of drug-likeness (QED) is 0.686. The number of nitrogen functional groups attached to an aromatic ring is 1. The van der Waals surface area contributed by atoms with Gasteiger partial charge in [0.2, 0.25) is 5.91 Å². The third kappa shape index (κ3) is 5.17. The van der Waals surface area contributed by atoms with Gasteiger partial charge in [0, 0.05) is 6.54 Å². The summed E-state index contributed by atoms with van der Waals surface area (Å²) in [6, 6.07) is 6.93. The minimum Gasteiger partial charge on any atom is -0.482 e. The average molecular weight is 279 g/mol. The summed E-state index contributed by atoms with van der Waals surface area (Å²) in [6.45, 7) is 2.25. The SMILES string of the molecule is CCCCN(CC(N)=O)C(=O)COc1ccccc1N. The summed E-state index contributed by atoms with van der Waals surface area (Å²) < 4.78 is 5.37. The van der Waals surface area contributed by atoms with Crippen molar-refractivity contribution in [3.05, 3.63) is 24.3 Å². The predicted octanol–water partition coefficient (Wildman–Crippen LogP) is 0.762. The van der Waals surface area contributed by atoms with Crippen molar-refractivity contribution in [3.63, 3.8) is 0 Å². The summed E-state index contributed by atoms with van der Waals surface area (Å²) in [4.78, 5) is 24.4. The van der Waals surface area contributed by atoms with Gasteiger partial charge in [0.25, 0.3) is 5.91 Å². The van der Waals surface area contributed by atoms with Crippen LogP contribution in [0.4, 0.5) is 5.69 Å². The number of amides is 2. The molecule has 0 saturated carbocycles. The standard InChI is InChI=1S/C14H21N3O3/c1-2-3-8-17(9-13(16)18)14(19)10-20-12-7-5-4-6-11(12)15/h4-7H,2-3,8-10,15H2,1H3,(H2,16,18). The molecule has 0 aromatic heterocycles. The number of hydrogen-bond donors (Lipinski definition) is 2. The molecule has 0 atom stereocenters. The van der Waals surface area contributed by atoms with Crippen molar-refractivity contribution < 1.29 is 14.3 Å². The van der Waals surface area contributed by atoms with Crippen LogP contribution < -0.4 is 16.2 Å². The van der Waals surface area contributed by atoms with E-state index in [4.69, 9.17) is 16.2 Å². The summed E-state index contributed by atoms with van der Waals surface area (Å²) in [6.07, 6.45) is 1.74. The first-order valence-corrected chi connectivity index (χ1v) is 6.58. The summed E-state index contributed by atoms with van der Waals surface area (Å²) in [5.41, 5.74) is 11.3. The molecule has 0 heterocycles. The second-order valence-corrected chi connectivity index (χ2v) is 4.46. The van der Waals surface area contributed by atoms with Crippen molar-refractivity contribution in [2.24, 2.45) is 5.73 Å². The van der Waals surface area contributed by atoms with Crippen LogP contribution in [-0.4, -0.2) is 36.4 Å². The first kappa shape index (κ1) is 15.8. The van der Waals surface area contributed by atoms with Crippen LogP contribution in [0.5, 0.6) is 5.75 Å². The number of benzene rings is 1. The van der Waals surface area contributed by atoms with Gasteiger partial charge in [-0.15, -0.1) is 0 Å². The Labute approximate surface area is 118 Å². The number of unbranched alkanes of at least 4 members (excludes halogenated alkanes) is 1. The number of rotatable bonds is 8. The first-order valence-electron chi connectivity index (χ1n) is 6.58. The molecule has 0 aliphatic rings. The first-order chi connectivity index (χ1) is 9.54. The van der Waals surface area contributed by atoms with Crippen molar-refractivity contribution in [2.75, 3.05) is 25.4 Å². The van der Waals surface area contributed by atoms with Crippen molar-refractivity contribution in [3.8, 4) is 5.75 Å². The lowest BCUT2D eigenvalue weighted by atomic mass is 10.3. The monoisotopic (exact) mass is 279 g/mol. The van der Waals surface area contributed by atoms with E-state index < -0.39 is 5.91 Å². The second-order valence-electron chi connectivity index (χ2n) is 4.46. The molecule has 6 nitrogen and oxygen atoms in total. The molecule has 0 bridgehead atoms. The number of primary amides is 1. The zero-order chi connectivity index (χ0) is 15.0. The Morgan fingerprint density at radius 1 is 1.30 bits per heavy atom. The highest BCUT2D eigenvalue weighted by atomic mass is 16.5. The molecule has 6 heteroatoms. The fourth-order valence-electron chi connectivity index (χ4n) is 1.67. The van der Waals surface area contributed by atoms with Gasteiger partial charge in [-0.3, -0.25) is 9.59 Å². The van der Waals surface area contributed by atoms with Gasteiger partial charge in [0.05, 0.1) is 12.2 Å². The minimum absolute atomic E-state index is 0.0908. The molecular weight excluding hydrogens is 258 g/mol. The molecule has 1 rings (SSSR count). The smallest absolute Gasteiger partial charge is 0.260 e. The molecular formula is C14H21N3O3. The number of para-hydroxylation sites is 2. The molecule has 0 spiro atoms. The summed E-state index contributed by atoms with van der Waals surface area (Å²) in [7, 11) is 0. The lowest BCUT2D eigenvalue weighted by Crippen LogP contribution is -2.41. The largest absolute Gasteiger partial charge is 0.482 e. The third-order valence-electron chi connectivity index (χ3n) is 2.75. The molecule has 4 N–H and O–H groups in total. The number of ether oxygens (including phenoxy) is 1. The van der Waals surface area contributed by atoms with E-state index in [1.54, 1.807) is 24.3 Å². The van der Waals surface area contributed by atoms with Gasteiger partial charge in [-0.2, -0.15) is 0 Å². The Hall–Kier alpha value is -2.24. The van der Waals surface area contributed by atoms with Gasteiger partial charge < -0.3 is 21.1 Å². The number of anilines is 1. The highest BCUT2D eigenvalue weighted by Gasteiger charge is 2.16. The lowest BCUT2D eigenvalue weighted by molar-refractivity contribution is -0.137. The van der Waals surface area contributed by atoms with Gasteiger partial charge in [0.1, 0.15) is 5.75 Å². The molecule has 1 aromatic rings. The van der Waals surface area contributed by atoms with Crippen molar-refractivity contribution in [1.29, 1.82) is 0 Å². The average Bonchev–Trinajstić information content (AvgIpc) is 2.41. The number of carbonyl (C=O) groups is 2. The fourth-order valence-corrected chi connectivity index (χ4v) is 1.67. The normalized spacial score (nSPS) is 10.1. The third-order valence-corrected chi connectivity index (χ3v) is 2.75. The molecule has 1 aromatic carbocycles. The Bertz CT molecular complexity index is 463. The maximum Gasteiger partial charge on any atom is 0.260 e. The van der Waals surface area contributed by atoms with Crippen LogP contribution in [0.15, 0.2) is 24.3 Å². The Morgan fingerprint density at radius 2 is 2.00 bits per heavy atom. The van der Waals surface area contributed by atoms with Gasteiger partial charge in [0.15, 0.2) is 6.61 Å². The zero-order valence-corrected chi connectivity index (χ0v) is 11.7. The molecule has 20 heavy (non-hydrogen) atoms. The van der Waals surface area contributed by atoms with Crippen LogP contribution in [-0.2, 0) is 9.59 Å². The van der Waals surface area contributed by atoms with Gasteiger partial charge in [-0.05, 0) is 18.6 Å². The van der Waals surface area contributed by atoms with Crippen molar-refractivity contribution in [2.45, 2.75) is 19.8 Å². The topological polar surface area (TPSA) is 98.6 Å². The maximum atomic E-state index is 12.0. The highest BCUT2D eigenvalue weighted by Crippen LogP contribution is 2.19.